The molecule has 0 spiro atoms. The number of nitrogens with zero attached hydrogens (tertiary/aromatic N) is 1. The number of aryl methyl sites for hydroxylation is 3. The minimum Gasteiger partial charge on any atom is -0.352 e. The predicted octanol–water partition coefficient (Wildman–Crippen LogP) is 4.28. The van der Waals surface area contributed by atoms with E-state index >= 15 is 0 Å². The Morgan fingerprint density at radius 3 is 2.78 bits per heavy atom. The van der Waals surface area contributed by atoms with Crippen LogP contribution in [0.15, 0.2) is 42.5 Å². The lowest BCUT2D eigenvalue weighted by Gasteiger charge is -2.08. The van der Waals surface area contributed by atoms with Gasteiger partial charge in [-0.15, -0.1) is 11.3 Å². The number of amides is 1. The van der Waals surface area contributed by atoms with Crippen LogP contribution in [0.2, 0.25) is 0 Å². The Bertz CT molecular complexity index is 805. The van der Waals surface area contributed by atoms with Gasteiger partial charge in [0.25, 0.3) is 5.91 Å². The molecule has 0 bridgehead atoms. The summed E-state index contributed by atoms with van der Waals surface area (Å²) in [6, 6.07) is 14.1. The van der Waals surface area contributed by atoms with Crippen LogP contribution in [0.4, 0.5) is 0 Å². The van der Waals surface area contributed by atoms with Gasteiger partial charge in [-0.05, 0) is 44.0 Å². The summed E-state index contributed by atoms with van der Waals surface area (Å²) in [5.74, 6) is 0.00630. The second-order valence-electron chi connectivity index (χ2n) is 5.75. The van der Waals surface area contributed by atoms with Crippen LogP contribution in [0.3, 0.4) is 0 Å². The van der Waals surface area contributed by atoms with Gasteiger partial charge in [-0.25, -0.2) is 4.98 Å². The summed E-state index contributed by atoms with van der Waals surface area (Å²) in [5.41, 5.74) is 4.02. The quantitative estimate of drug-likeness (QED) is 0.712. The van der Waals surface area contributed by atoms with Gasteiger partial charge in [0.1, 0.15) is 0 Å². The third kappa shape index (κ3) is 3.77. The fraction of sp³-hybridized carbons (Fsp3) is 0.263. The summed E-state index contributed by atoms with van der Waals surface area (Å²) in [4.78, 5) is 16.8. The maximum atomic E-state index is 12.2. The monoisotopic (exact) mass is 324 g/mol. The number of rotatable bonds is 5. The van der Waals surface area contributed by atoms with E-state index in [1.807, 2.05) is 50.2 Å². The standard InChI is InChI=1S/C19H20N2OS/c1-13-9-10-15(14(2)12-13)19(22)20-11-5-8-18-21-16-6-3-4-7-17(16)23-18/h3-4,6-7,9-10,12H,5,8,11H2,1-2H3,(H,20,22). The second-order valence-corrected chi connectivity index (χ2v) is 6.87. The molecular weight excluding hydrogens is 304 g/mol. The molecule has 0 aliphatic heterocycles. The van der Waals surface area contributed by atoms with Crippen molar-refractivity contribution in [3.05, 3.63) is 64.2 Å². The zero-order valence-electron chi connectivity index (χ0n) is 13.4. The Labute approximate surface area is 140 Å². The second kappa shape index (κ2) is 6.92. The molecule has 1 N–H and O–H groups in total. The zero-order chi connectivity index (χ0) is 16.2. The lowest BCUT2D eigenvalue weighted by atomic mass is 10.1. The molecule has 0 saturated heterocycles. The average Bonchev–Trinajstić information content (AvgIpc) is 2.94. The maximum absolute atomic E-state index is 12.2. The van der Waals surface area contributed by atoms with Gasteiger partial charge in [0.05, 0.1) is 15.2 Å². The van der Waals surface area contributed by atoms with Gasteiger partial charge in [-0.1, -0.05) is 29.8 Å². The molecule has 2 aromatic carbocycles. The maximum Gasteiger partial charge on any atom is 0.251 e. The number of fused-ring (bicyclic) bond motifs is 1. The first-order chi connectivity index (χ1) is 11.1. The van der Waals surface area contributed by atoms with Crippen molar-refractivity contribution < 1.29 is 4.79 Å². The molecule has 1 amide bonds. The van der Waals surface area contributed by atoms with E-state index in [0.717, 1.165) is 34.5 Å². The van der Waals surface area contributed by atoms with Gasteiger partial charge >= 0.3 is 0 Å². The van der Waals surface area contributed by atoms with E-state index in [9.17, 15) is 4.79 Å². The molecule has 3 nitrogen and oxygen atoms in total. The number of carbonyl (C=O) groups excluding carboxylic acids is 1. The number of carbonyl (C=O) groups is 1. The molecule has 0 atom stereocenters. The molecule has 23 heavy (non-hydrogen) atoms. The Hall–Kier alpha value is -2.20. The zero-order valence-corrected chi connectivity index (χ0v) is 14.2. The van der Waals surface area contributed by atoms with Gasteiger partial charge in [-0.3, -0.25) is 4.79 Å². The summed E-state index contributed by atoms with van der Waals surface area (Å²) >= 11 is 1.73. The first-order valence-electron chi connectivity index (χ1n) is 7.83. The van der Waals surface area contributed by atoms with E-state index in [2.05, 4.69) is 16.4 Å². The fourth-order valence-electron chi connectivity index (χ4n) is 2.63. The number of thiazole rings is 1. The van der Waals surface area contributed by atoms with E-state index in [4.69, 9.17) is 0 Å². The summed E-state index contributed by atoms with van der Waals surface area (Å²) in [6.07, 6.45) is 1.79. The summed E-state index contributed by atoms with van der Waals surface area (Å²) in [7, 11) is 0. The molecule has 0 radical (unpaired) electrons. The molecule has 0 unspecified atom stereocenters. The Morgan fingerprint density at radius 1 is 1.17 bits per heavy atom. The molecule has 0 aliphatic rings. The van der Waals surface area contributed by atoms with Gasteiger partial charge in [0, 0.05) is 18.5 Å². The van der Waals surface area contributed by atoms with Crippen LogP contribution in [-0.4, -0.2) is 17.4 Å². The minimum atomic E-state index is 0.00630. The van der Waals surface area contributed by atoms with Crippen molar-refractivity contribution in [3.8, 4) is 0 Å². The first kappa shape index (κ1) is 15.7. The molecule has 118 valence electrons. The Morgan fingerprint density at radius 2 is 2.00 bits per heavy atom. The highest BCUT2D eigenvalue weighted by Crippen LogP contribution is 2.22. The topological polar surface area (TPSA) is 42.0 Å². The number of hydrogen-bond donors (Lipinski definition) is 1. The number of hydrogen-bond acceptors (Lipinski definition) is 3. The van der Waals surface area contributed by atoms with Crippen molar-refractivity contribution >= 4 is 27.5 Å². The van der Waals surface area contributed by atoms with Crippen molar-refractivity contribution in [2.24, 2.45) is 0 Å². The van der Waals surface area contributed by atoms with E-state index in [1.165, 1.54) is 10.3 Å². The number of aromatic nitrogens is 1. The molecule has 1 heterocycles. The van der Waals surface area contributed by atoms with Gasteiger partial charge in [0.2, 0.25) is 0 Å². The molecule has 0 aliphatic carbocycles. The predicted molar refractivity (Wildman–Crippen MR) is 96.2 cm³/mol. The van der Waals surface area contributed by atoms with Gasteiger partial charge in [-0.2, -0.15) is 0 Å². The minimum absolute atomic E-state index is 0.00630. The van der Waals surface area contributed by atoms with Crippen molar-refractivity contribution in [3.63, 3.8) is 0 Å². The third-order valence-electron chi connectivity index (χ3n) is 3.82. The fourth-order valence-corrected chi connectivity index (χ4v) is 3.64. The Balaban J connectivity index is 1.52. The van der Waals surface area contributed by atoms with Crippen molar-refractivity contribution in [2.75, 3.05) is 6.54 Å². The van der Waals surface area contributed by atoms with E-state index in [1.54, 1.807) is 11.3 Å². The summed E-state index contributed by atoms with van der Waals surface area (Å²) < 4.78 is 1.22. The van der Waals surface area contributed by atoms with Crippen LogP contribution < -0.4 is 5.32 Å². The molecule has 1 aromatic heterocycles. The van der Waals surface area contributed by atoms with Crippen LogP contribution in [-0.2, 0) is 6.42 Å². The normalized spacial score (nSPS) is 10.9. The Kier molecular flexibility index (Phi) is 4.72. The van der Waals surface area contributed by atoms with Crippen LogP contribution in [0, 0.1) is 13.8 Å². The smallest absolute Gasteiger partial charge is 0.251 e. The van der Waals surface area contributed by atoms with Crippen LogP contribution in [0.1, 0.15) is 32.9 Å². The molecule has 0 fully saturated rings. The van der Waals surface area contributed by atoms with Crippen molar-refractivity contribution in [1.29, 1.82) is 0 Å². The lowest BCUT2D eigenvalue weighted by molar-refractivity contribution is 0.0952. The highest BCUT2D eigenvalue weighted by Gasteiger charge is 2.08. The average molecular weight is 324 g/mol. The van der Waals surface area contributed by atoms with E-state index < -0.39 is 0 Å². The van der Waals surface area contributed by atoms with Crippen LogP contribution in [0.25, 0.3) is 10.2 Å². The van der Waals surface area contributed by atoms with Gasteiger partial charge < -0.3 is 5.32 Å². The largest absolute Gasteiger partial charge is 0.352 e. The number of para-hydroxylation sites is 1. The highest BCUT2D eigenvalue weighted by atomic mass is 32.1. The lowest BCUT2D eigenvalue weighted by Crippen LogP contribution is -2.25. The van der Waals surface area contributed by atoms with Crippen LogP contribution in [0.5, 0.6) is 0 Å². The van der Waals surface area contributed by atoms with Crippen molar-refractivity contribution in [2.45, 2.75) is 26.7 Å². The molecule has 4 heteroatoms. The first-order valence-corrected chi connectivity index (χ1v) is 8.65. The SMILES string of the molecule is Cc1ccc(C(=O)NCCCc2nc3ccccc3s2)c(C)c1. The highest BCUT2D eigenvalue weighted by molar-refractivity contribution is 7.18. The van der Waals surface area contributed by atoms with E-state index in [-0.39, 0.29) is 5.91 Å². The third-order valence-corrected chi connectivity index (χ3v) is 4.91. The summed E-state index contributed by atoms with van der Waals surface area (Å²) in [5, 5.41) is 4.13. The number of nitrogens with one attached hydrogen (secondary N) is 1. The molecule has 3 aromatic rings. The molecular formula is C19H20N2OS. The number of benzene rings is 2. The molecule has 3 rings (SSSR count). The summed E-state index contributed by atoms with van der Waals surface area (Å²) in [6.45, 7) is 4.68. The van der Waals surface area contributed by atoms with Crippen molar-refractivity contribution in [1.82, 2.24) is 10.3 Å². The van der Waals surface area contributed by atoms with Gasteiger partial charge in [0.15, 0.2) is 0 Å². The molecule has 0 saturated carbocycles. The van der Waals surface area contributed by atoms with E-state index in [0.29, 0.717) is 6.54 Å². The van der Waals surface area contributed by atoms with Crippen LogP contribution >= 0.6 is 11.3 Å².